The molecular formula is C10H15F2N3O4S2. The Hall–Kier alpha value is -1.33. The van der Waals surface area contributed by atoms with Crippen molar-refractivity contribution in [2.24, 2.45) is 0 Å². The van der Waals surface area contributed by atoms with E-state index in [2.05, 4.69) is 5.32 Å². The number of sulfonamides is 1. The smallest absolute Gasteiger partial charge is 0.304 e. The fourth-order valence-electron chi connectivity index (χ4n) is 1.43. The van der Waals surface area contributed by atoms with Gasteiger partial charge in [-0.3, -0.25) is 10.1 Å². The van der Waals surface area contributed by atoms with Gasteiger partial charge in [-0.1, -0.05) is 18.3 Å². The second-order valence-corrected chi connectivity index (χ2v) is 7.46. The zero-order valence-electron chi connectivity index (χ0n) is 11.4. The zero-order chi connectivity index (χ0) is 16.2. The van der Waals surface area contributed by atoms with Gasteiger partial charge < -0.3 is 5.32 Å². The van der Waals surface area contributed by atoms with Crippen molar-refractivity contribution in [3.8, 4) is 0 Å². The lowest BCUT2D eigenvalue weighted by molar-refractivity contribution is -0.383. The summed E-state index contributed by atoms with van der Waals surface area (Å²) in [5, 5.41) is 13.8. The molecule has 1 aromatic rings. The summed E-state index contributed by atoms with van der Waals surface area (Å²) in [5.74, 6) is 0. The predicted octanol–water partition coefficient (Wildman–Crippen LogP) is 2.36. The molecule has 0 saturated carbocycles. The van der Waals surface area contributed by atoms with Crippen molar-refractivity contribution in [3.63, 3.8) is 0 Å². The van der Waals surface area contributed by atoms with E-state index in [9.17, 15) is 27.3 Å². The summed E-state index contributed by atoms with van der Waals surface area (Å²) in [6, 6.07) is 0.889. The number of thiophene rings is 1. The van der Waals surface area contributed by atoms with Crippen LogP contribution in [0.5, 0.6) is 0 Å². The third-order valence-corrected chi connectivity index (χ3v) is 5.84. The minimum absolute atomic E-state index is 0.103. The molecule has 0 saturated heterocycles. The van der Waals surface area contributed by atoms with Crippen LogP contribution in [0, 0.1) is 10.1 Å². The quantitative estimate of drug-likeness (QED) is 0.578. The largest absolute Gasteiger partial charge is 0.371 e. The Bertz CT molecular complexity index is 603. The average Bonchev–Trinajstić information content (AvgIpc) is 2.80. The molecule has 0 atom stereocenters. The minimum atomic E-state index is -4.17. The third-order valence-electron chi connectivity index (χ3n) is 2.48. The fourth-order valence-corrected chi connectivity index (χ4v) is 4.15. The highest BCUT2D eigenvalue weighted by atomic mass is 32.2. The molecule has 1 aromatic heterocycles. The van der Waals surface area contributed by atoms with Crippen LogP contribution in [0.2, 0.25) is 0 Å². The van der Waals surface area contributed by atoms with Crippen molar-refractivity contribution in [1.29, 1.82) is 0 Å². The maximum atomic E-state index is 12.3. The molecule has 0 aromatic carbocycles. The van der Waals surface area contributed by atoms with Gasteiger partial charge in [-0.25, -0.2) is 17.2 Å². The summed E-state index contributed by atoms with van der Waals surface area (Å²) in [4.78, 5) is 10.2. The van der Waals surface area contributed by atoms with Crippen molar-refractivity contribution >= 4 is 32.0 Å². The Morgan fingerprint density at radius 3 is 2.62 bits per heavy atom. The molecule has 1 heterocycles. The van der Waals surface area contributed by atoms with Gasteiger partial charge in [0, 0.05) is 19.7 Å². The van der Waals surface area contributed by atoms with Crippen molar-refractivity contribution < 1.29 is 22.1 Å². The number of nitrogens with one attached hydrogen (secondary N) is 1. The van der Waals surface area contributed by atoms with Crippen molar-refractivity contribution in [1.82, 2.24) is 4.31 Å². The van der Waals surface area contributed by atoms with E-state index in [1.54, 1.807) is 0 Å². The van der Waals surface area contributed by atoms with E-state index < -0.39 is 27.9 Å². The lowest BCUT2D eigenvalue weighted by Gasteiger charge is -2.14. The number of hydrogen-bond donors (Lipinski definition) is 1. The van der Waals surface area contributed by atoms with Crippen LogP contribution in [0.15, 0.2) is 10.3 Å². The number of halogens is 2. The summed E-state index contributed by atoms with van der Waals surface area (Å²) >= 11 is 0.663. The average molecular weight is 343 g/mol. The Balaban J connectivity index is 3.15. The highest BCUT2D eigenvalue weighted by Gasteiger charge is 2.30. The number of alkyl halides is 2. The molecule has 11 heteroatoms. The van der Waals surface area contributed by atoms with E-state index in [0.717, 1.165) is 13.1 Å². The van der Waals surface area contributed by atoms with E-state index in [1.807, 2.05) is 6.92 Å². The van der Waals surface area contributed by atoms with Crippen LogP contribution in [0.3, 0.4) is 0 Å². The highest BCUT2D eigenvalue weighted by molar-refractivity contribution is 7.91. The molecule has 0 amide bonds. The van der Waals surface area contributed by atoms with Gasteiger partial charge in [-0.05, 0) is 6.42 Å². The van der Waals surface area contributed by atoms with Gasteiger partial charge in [-0.15, -0.1) is 0 Å². The maximum Gasteiger partial charge on any atom is 0.304 e. The first-order chi connectivity index (χ1) is 9.70. The second-order valence-electron chi connectivity index (χ2n) is 4.14. The molecule has 21 heavy (non-hydrogen) atoms. The van der Waals surface area contributed by atoms with Gasteiger partial charge in [-0.2, -0.15) is 4.31 Å². The van der Waals surface area contributed by atoms with Gasteiger partial charge in [0.15, 0.2) is 5.00 Å². The lowest BCUT2D eigenvalue weighted by atomic mass is 10.4. The van der Waals surface area contributed by atoms with E-state index >= 15 is 0 Å². The van der Waals surface area contributed by atoms with Crippen LogP contribution < -0.4 is 5.32 Å². The second kappa shape index (κ2) is 7.09. The Morgan fingerprint density at radius 2 is 2.14 bits per heavy atom. The Morgan fingerprint density at radius 1 is 1.52 bits per heavy atom. The summed E-state index contributed by atoms with van der Waals surface area (Å²) in [7, 11) is -3.16. The number of rotatable bonds is 8. The van der Waals surface area contributed by atoms with Crippen molar-refractivity contribution in [3.05, 3.63) is 16.2 Å². The van der Waals surface area contributed by atoms with E-state index in [1.165, 1.54) is 0 Å². The third kappa shape index (κ3) is 4.32. The summed E-state index contributed by atoms with van der Waals surface area (Å²) in [6.07, 6.45) is -2.12. The predicted molar refractivity (Wildman–Crippen MR) is 75.6 cm³/mol. The normalized spacial score (nSPS) is 12.1. The summed E-state index contributed by atoms with van der Waals surface area (Å²) in [5.41, 5.74) is -0.377. The molecule has 0 aliphatic heterocycles. The van der Waals surface area contributed by atoms with Crippen LogP contribution in [-0.2, 0) is 10.0 Å². The first-order valence-corrected chi connectivity index (χ1v) is 8.22. The van der Waals surface area contributed by atoms with Crippen LogP contribution in [0.1, 0.15) is 13.3 Å². The molecule has 0 bridgehead atoms. The van der Waals surface area contributed by atoms with Gasteiger partial charge in [0.05, 0.1) is 11.5 Å². The van der Waals surface area contributed by atoms with Crippen molar-refractivity contribution in [2.45, 2.75) is 24.0 Å². The first-order valence-electron chi connectivity index (χ1n) is 5.96. The highest BCUT2D eigenvalue weighted by Crippen LogP contribution is 2.38. The van der Waals surface area contributed by atoms with Crippen LogP contribution in [0.4, 0.5) is 19.5 Å². The molecule has 7 nitrogen and oxygen atoms in total. The molecule has 120 valence electrons. The molecule has 0 aliphatic rings. The molecule has 0 fully saturated rings. The molecule has 0 radical (unpaired) electrons. The van der Waals surface area contributed by atoms with E-state index in [4.69, 9.17) is 0 Å². The SMILES string of the molecule is CCCNc1sc(S(=O)(=O)N(C)CC(F)F)cc1[N+](=O)[O-]. The number of anilines is 1. The topological polar surface area (TPSA) is 92.6 Å². The van der Waals surface area contributed by atoms with Gasteiger partial charge in [0.1, 0.15) is 4.21 Å². The standard InChI is InChI=1S/C10H15F2N3O4S2/c1-3-4-13-10-7(15(16)17)5-9(20-10)21(18,19)14(2)6-8(11)12/h5,8,13H,3-4,6H2,1-2H3. The molecule has 1 rings (SSSR count). The zero-order valence-corrected chi connectivity index (χ0v) is 13.0. The minimum Gasteiger partial charge on any atom is -0.371 e. The first kappa shape index (κ1) is 17.7. The summed E-state index contributed by atoms with van der Waals surface area (Å²) < 4.78 is 48.9. The number of nitro groups is 1. The van der Waals surface area contributed by atoms with Crippen LogP contribution >= 0.6 is 11.3 Å². The molecule has 0 aliphatic carbocycles. The van der Waals surface area contributed by atoms with Crippen LogP contribution in [-0.4, -0.2) is 44.2 Å². The Labute approximate surface area is 124 Å². The Kier molecular flexibility index (Phi) is 5.98. The summed E-state index contributed by atoms with van der Waals surface area (Å²) in [6.45, 7) is 1.32. The molecule has 1 N–H and O–H groups in total. The number of nitrogens with zero attached hydrogens (tertiary/aromatic N) is 2. The molecular weight excluding hydrogens is 328 g/mol. The van der Waals surface area contributed by atoms with Crippen molar-refractivity contribution in [2.75, 3.05) is 25.5 Å². The van der Waals surface area contributed by atoms with Gasteiger partial charge >= 0.3 is 5.69 Å². The van der Waals surface area contributed by atoms with Gasteiger partial charge in [0.25, 0.3) is 16.4 Å². The van der Waals surface area contributed by atoms with E-state index in [-0.39, 0.29) is 14.9 Å². The number of hydrogen-bond acceptors (Lipinski definition) is 6. The monoisotopic (exact) mass is 343 g/mol. The molecule has 0 spiro atoms. The van der Waals surface area contributed by atoms with Gasteiger partial charge in [0.2, 0.25) is 0 Å². The fraction of sp³-hybridized carbons (Fsp3) is 0.600. The van der Waals surface area contributed by atoms with Crippen LogP contribution in [0.25, 0.3) is 0 Å². The molecule has 0 unspecified atom stereocenters. The van der Waals surface area contributed by atoms with E-state index in [0.29, 0.717) is 28.6 Å². The lowest BCUT2D eigenvalue weighted by Crippen LogP contribution is -2.30. The maximum absolute atomic E-state index is 12.3.